The first-order valence-electron chi connectivity index (χ1n) is 5.65. The number of hydrogen-bond acceptors (Lipinski definition) is 3. The number of aliphatic hydroxyl groups is 1. The van der Waals surface area contributed by atoms with E-state index in [4.69, 9.17) is 9.84 Å². The minimum absolute atomic E-state index is 0.0490. The smallest absolute Gasteiger partial charge is 0.408 e. The molecule has 1 aliphatic carbocycles. The highest BCUT2D eigenvalue weighted by Crippen LogP contribution is 2.33. The van der Waals surface area contributed by atoms with Gasteiger partial charge in [0.2, 0.25) is 0 Å². The Hall–Kier alpha value is -0.910. The molecule has 0 heterocycles. The van der Waals surface area contributed by atoms with Crippen LogP contribution in [0.1, 0.15) is 40.0 Å². The maximum absolute atomic E-state index is 13.5. The van der Waals surface area contributed by atoms with Gasteiger partial charge in [0.15, 0.2) is 0 Å². The molecule has 0 saturated heterocycles. The van der Waals surface area contributed by atoms with Gasteiger partial charge in [0.25, 0.3) is 5.92 Å². The fourth-order valence-corrected chi connectivity index (χ4v) is 1.76. The fourth-order valence-electron chi connectivity index (χ4n) is 1.76. The van der Waals surface area contributed by atoms with E-state index in [0.29, 0.717) is 0 Å². The summed E-state index contributed by atoms with van der Waals surface area (Å²) in [4.78, 5) is 11.4. The quantitative estimate of drug-likeness (QED) is 0.750. The molecule has 100 valence electrons. The second-order valence-electron chi connectivity index (χ2n) is 5.40. The van der Waals surface area contributed by atoms with Crippen LogP contribution < -0.4 is 5.32 Å². The van der Waals surface area contributed by atoms with Crippen LogP contribution in [0, 0.1) is 0 Å². The molecule has 2 unspecified atom stereocenters. The first-order chi connectivity index (χ1) is 7.60. The van der Waals surface area contributed by atoms with Gasteiger partial charge in [-0.2, -0.15) is 0 Å². The van der Waals surface area contributed by atoms with Gasteiger partial charge in [0.05, 0.1) is 12.1 Å². The number of carbonyl (C=O) groups is 1. The third kappa shape index (κ3) is 4.46. The Morgan fingerprint density at radius 3 is 2.47 bits per heavy atom. The van der Waals surface area contributed by atoms with Crippen LogP contribution in [0.3, 0.4) is 0 Å². The summed E-state index contributed by atoms with van der Waals surface area (Å²) in [5.74, 6) is -3.09. The van der Waals surface area contributed by atoms with E-state index in [-0.39, 0.29) is 12.8 Å². The summed E-state index contributed by atoms with van der Waals surface area (Å²) in [6, 6.07) is -1.26. The molecule has 1 amide bonds. The summed E-state index contributed by atoms with van der Waals surface area (Å²) in [6.07, 6.45) is -2.16. The second-order valence-corrected chi connectivity index (χ2v) is 5.40. The highest BCUT2D eigenvalue weighted by Gasteiger charge is 2.46. The Morgan fingerprint density at radius 1 is 1.41 bits per heavy atom. The Balaban J connectivity index is 2.54. The van der Waals surface area contributed by atoms with Crippen LogP contribution in [0.5, 0.6) is 0 Å². The van der Waals surface area contributed by atoms with Gasteiger partial charge in [-0.1, -0.05) is 0 Å². The Morgan fingerprint density at radius 2 is 2.00 bits per heavy atom. The van der Waals surface area contributed by atoms with Crippen molar-refractivity contribution in [1.29, 1.82) is 0 Å². The molecule has 0 bridgehead atoms. The highest BCUT2D eigenvalue weighted by molar-refractivity contribution is 5.68. The third-order valence-corrected chi connectivity index (χ3v) is 2.50. The molecule has 0 spiro atoms. The normalized spacial score (nSPS) is 28.6. The summed E-state index contributed by atoms with van der Waals surface area (Å²) in [5.41, 5.74) is -0.715. The lowest BCUT2D eigenvalue weighted by Gasteiger charge is -2.34. The molecule has 17 heavy (non-hydrogen) atoms. The third-order valence-electron chi connectivity index (χ3n) is 2.50. The van der Waals surface area contributed by atoms with Crippen LogP contribution in [0.2, 0.25) is 0 Å². The largest absolute Gasteiger partial charge is 0.444 e. The number of halogens is 2. The van der Waals surface area contributed by atoms with Crippen molar-refractivity contribution in [3.8, 4) is 0 Å². The van der Waals surface area contributed by atoms with Crippen LogP contribution in [0.15, 0.2) is 0 Å². The lowest BCUT2D eigenvalue weighted by atomic mass is 9.89. The number of carbonyl (C=O) groups excluding carboxylic acids is 1. The van der Waals surface area contributed by atoms with Gasteiger partial charge < -0.3 is 15.2 Å². The summed E-state index contributed by atoms with van der Waals surface area (Å²) < 4.78 is 31.9. The molecule has 2 atom stereocenters. The van der Waals surface area contributed by atoms with Gasteiger partial charge >= 0.3 is 6.09 Å². The zero-order valence-electron chi connectivity index (χ0n) is 10.3. The van der Waals surface area contributed by atoms with Crippen molar-refractivity contribution in [3.63, 3.8) is 0 Å². The topological polar surface area (TPSA) is 58.6 Å². The first kappa shape index (κ1) is 14.2. The number of aliphatic hydroxyl groups excluding tert-OH is 1. The molecule has 0 aromatic carbocycles. The van der Waals surface area contributed by atoms with E-state index < -0.39 is 36.2 Å². The van der Waals surface area contributed by atoms with Crippen molar-refractivity contribution in [3.05, 3.63) is 0 Å². The summed E-state index contributed by atoms with van der Waals surface area (Å²) >= 11 is 0. The SMILES string of the molecule is CC(C)(C)OC(=O)NC1CCC(O)CC1(F)F. The molecule has 1 saturated carbocycles. The fraction of sp³-hybridized carbons (Fsp3) is 0.909. The van der Waals surface area contributed by atoms with Crippen molar-refractivity contribution in [2.45, 2.75) is 63.7 Å². The predicted octanol–water partition coefficient (Wildman–Crippen LogP) is 2.06. The van der Waals surface area contributed by atoms with Crippen LogP contribution in [0.25, 0.3) is 0 Å². The zero-order valence-corrected chi connectivity index (χ0v) is 10.3. The molecule has 1 rings (SSSR count). The first-order valence-corrected chi connectivity index (χ1v) is 5.65. The van der Waals surface area contributed by atoms with Crippen molar-refractivity contribution >= 4 is 6.09 Å². The molecular formula is C11H19F2NO3. The zero-order chi connectivity index (χ0) is 13.3. The van der Waals surface area contributed by atoms with E-state index in [1.165, 1.54) is 0 Å². The Kier molecular flexibility index (Phi) is 3.96. The van der Waals surface area contributed by atoms with E-state index in [2.05, 4.69) is 5.32 Å². The maximum Gasteiger partial charge on any atom is 0.408 e. The van der Waals surface area contributed by atoms with E-state index >= 15 is 0 Å². The van der Waals surface area contributed by atoms with Gasteiger partial charge in [0.1, 0.15) is 5.60 Å². The molecule has 0 aromatic rings. The molecule has 6 heteroatoms. The van der Waals surface area contributed by atoms with Crippen LogP contribution >= 0.6 is 0 Å². The van der Waals surface area contributed by atoms with Gasteiger partial charge in [-0.15, -0.1) is 0 Å². The molecular weight excluding hydrogens is 232 g/mol. The lowest BCUT2D eigenvalue weighted by molar-refractivity contribution is -0.100. The standard InChI is InChI=1S/C11H19F2NO3/c1-10(2,3)17-9(16)14-8-5-4-7(15)6-11(8,12)13/h7-8,15H,4-6H2,1-3H3,(H,14,16). The molecule has 1 fully saturated rings. The van der Waals surface area contributed by atoms with Crippen molar-refractivity contribution in [1.82, 2.24) is 5.32 Å². The van der Waals surface area contributed by atoms with Gasteiger partial charge in [-0.05, 0) is 33.6 Å². The van der Waals surface area contributed by atoms with E-state index in [1.807, 2.05) is 0 Å². The van der Waals surface area contributed by atoms with E-state index in [0.717, 1.165) is 0 Å². The molecule has 0 aliphatic heterocycles. The number of nitrogens with one attached hydrogen (secondary N) is 1. The maximum atomic E-state index is 13.5. The second kappa shape index (κ2) is 4.76. The molecule has 4 nitrogen and oxygen atoms in total. The number of amides is 1. The summed E-state index contributed by atoms with van der Waals surface area (Å²) in [6.45, 7) is 4.99. The number of alkyl carbamates (subject to hydrolysis) is 1. The summed E-state index contributed by atoms with van der Waals surface area (Å²) in [5, 5.41) is 11.3. The van der Waals surface area contributed by atoms with Gasteiger partial charge in [-0.25, -0.2) is 13.6 Å². The van der Waals surface area contributed by atoms with Crippen LogP contribution in [0.4, 0.5) is 13.6 Å². The highest BCUT2D eigenvalue weighted by atomic mass is 19.3. The summed E-state index contributed by atoms with van der Waals surface area (Å²) in [7, 11) is 0. The predicted molar refractivity (Wildman–Crippen MR) is 58.0 cm³/mol. The number of alkyl halides is 2. The van der Waals surface area contributed by atoms with Crippen molar-refractivity contribution in [2.24, 2.45) is 0 Å². The molecule has 2 N–H and O–H groups in total. The van der Waals surface area contributed by atoms with Crippen LogP contribution in [-0.2, 0) is 4.74 Å². The Bertz CT molecular complexity index is 289. The Labute approximate surface area is 99.3 Å². The lowest BCUT2D eigenvalue weighted by Crippen LogP contribution is -2.53. The molecule has 0 aromatic heterocycles. The van der Waals surface area contributed by atoms with E-state index in [9.17, 15) is 13.6 Å². The number of ether oxygens (including phenoxy) is 1. The minimum Gasteiger partial charge on any atom is -0.444 e. The molecule has 0 radical (unpaired) electrons. The number of hydrogen-bond donors (Lipinski definition) is 2. The van der Waals surface area contributed by atoms with Gasteiger partial charge in [0, 0.05) is 6.42 Å². The average molecular weight is 251 g/mol. The minimum atomic E-state index is -3.09. The monoisotopic (exact) mass is 251 g/mol. The number of rotatable bonds is 1. The van der Waals surface area contributed by atoms with Crippen molar-refractivity contribution in [2.75, 3.05) is 0 Å². The molecule has 1 aliphatic rings. The van der Waals surface area contributed by atoms with Crippen LogP contribution in [-0.4, -0.2) is 34.9 Å². The van der Waals surface area contributed by atoms with E-state index in [1.54, 1.807) is 20.8 Å². The van der Waals surface area contributed by atoms with Crippen molar-refractivity contribution < 1.29 is 23.4 Å². The van der Waals surface area contributed by atoms with Gasteiger partial charge in [-0.3, -0.25) is 0 Å². The average Bonchev–Trinajstić information content (AvgIpc) is 2.05.